The summed E-state index contributed by atoms with van der Waals surface area (Å²) in [5.74, 6) is -0.597. The van der Waals surface area contributed by atoms with Crippen molar-refractivity contribution >= 4 is 0 Å². The van der Waals surface area contributed by atoms with Crippen molar-refractivity contribution in [1.82, 2.24) is 0 Å². The Morgan fingerprint density at radius 1 is 0.767 bits per heavy atom. The van der Waals surface area contributed by atoms with Crippen LogP contribution < -0.4 is 5.73 Å². The highest BCUT2D eigenvalue weighted by Crippen LogP contribution is 2.53. The molecule has 0 rings (SSSR count). The van der Waals surface area contributed by atoms with Gasteiger partial charge in [0.25, 0.3) is 0 Å². The molecule has 182 valence electrons. The van der Waals surface area contributed by atoms with E-state index in [2.05, 4.69) is 20.8 Å². The molecule has 5 heteroatoms. The maximum Gasteiger partial charge on any atom is 0.171 e. The first-order valence-electron chi connectivity index (χ1n) is 12.4. The van der Waals surface area contributed by atoms with Gasteiger partial charge < -0.3 is 25.4 Å². The summed E-state index contributed by atoms with van der Waals surface area (Å²) in [7, 11) is 0. The smallest absolute Gasteiger partial charge is 0.171 e. The first-order chi connectivity index (χ1) is 14.2. The van der Waals surface area contributed by atoms with Crippen LogP contribution in [-0.4, -0.2) is 49.0 Å². The Morgan fingerprint density at radius 3 is 1.83 bits per heavy atom. The molecule has 0 aromatic rings. The Hall–Kier alpha value is -0.200. The highest BCUT2D eigenvalue weighted by molar-refractivity contribution is 4.98. The molecule has 0 aromatic heterocycles. The third kappa shape index (κ3) is 9.12. The quantitative estimate of drug-likeness (QED) is 0.181. The lowest BCUT2D eigenvalue weighted by molar-refractivity contribution is -0.307. The SMILES string of the molecule is CCCCCCCC(CCO)C(CCO)(CCC(C)(C)CN)C(C)(OCC)OCC. The highest BCUT2D eigenvalue weighted by atomic mass is 16.7. The van der Waals surface area contributed by atoms with Crippen molar-refractivity contribution < 1.29 is 19.7 Å². The van der Waals surface area contributed by atoms with Crippen LogP contribution in [0.2, 0.25) is 0 Å². The van der Waals surface area contributed by atoms with Crippen LogP contribution in [0.3, 0.4) is 0 Å². The Morgan fingerprint density at radius 2 is 1.37 bits per heavy atom. The van der Waals surface area contributed by atoms with Crippen LogP contribution in [0.4, 0.5) is 0 Å². The van der Waals surface area contributed by atoms with Crippen molar-refractivity contribution in [3.8, 4) is 0 Å². The first kappa shape index (κ1) is 29.8. The van der Waals surface area contributed by atoms with E-state index < -0.39 is 5.79 Å². The fourth-order valence-electron chi connectivity index (χ4n) is 4.95. The van der Waals surface area contributed by atoms with Gasteiger partial charge in [0.2, 0.25) is 0 Å². The number of hydrogen-bond acceptors (Lipinski definition) is 5. The molecule has 0 fully saturated rings. The van der Waals surface area contributed by atoms with Crippen molar-refractivity contribution in [1.29, 1.82) is 0 Å². The van der Waals surface area contributed by atoms with Crippen LogP contribution in [0.1, 0.15) is 106 Å². The Bertz CT molecular complexity index is 410. The monoisotopic (exact) mass is 431 g/mol. The molecule has 4 N–H and O–H groups in total. The lowest BCUT2D eigenvalue weighted by atomic mass is 9.60. The van der Waals surface area contributed by atoms with Crippen LogP contribution in [-0.2, 0) is 9.47 Å². The summed E-state index contributed by atoms with van der Waals surface area (Å²) in [6.07, 6.45) is 10.2. The van der Waals surface area contributed by atoms with Crippen molar-refractivity contribution in [2.75, 3.05) is 33.0 Å². The second kappa shape index (κ2) is 15.6. The van der Waals surface area contributed by atoms with E-state index >= 15 is 0 Å². The number of rotatable bonds is 20. The molecule has 0 saturated carbocycles. The van der Waals surface area contributed by atoms with E-state index in [9.17, 15) is 10.2 Å². The van der Waals surface area contributed by atoms with E-state index in [1.807, 2.05) is 20.8 Å². The number of nitrogens with two attached hydrogens (primary N) is 1. The van der Waals surface area contributed by atoms with Gasteiger partial charge in [-0.05, 0) is 70.8 Å². The van der Waals surface area contributed by atoms with E-state index in [4.69, 9.17) is 15.2 Å². The average Bonchev–Trinajstić information content (AvgIpc) is 2.70. The van der Waals surface area contributed by atoms with Crippen LogP contribution in [0, 0.1) is 16.7 Å². The molecule has 5 nitrogen and oxygen atoms in total. The minimum Gasteiger partial charge on any atom is -0.396 e. The van der Waals surface area contributed by atoms with Gasteiger partial charge in [0, 0.05) is 31.8 Å². The van der Waals surface area contributed by atoms with Gasteiger partial charge in [-0.25, -0.2) is 0 Å². The molecule has 0 aliphatic carbocycles. The van der Waals surface area contributed by atoms with Gasteiger partial charge in [0.05, 0.1) is 0 Å². The minimum atomic E-state index is -0.812. The molecule has 0 spiro atoms. The highest BCUT2D eigenvalue weighted by Gasteiger charge is 2.54. The van der Waals surface area contributed by atoms with Gasteiger partial charge >= 0.3 is 0 Å². The number of ether oxygens (including phenoxy) is 2. The second-order valence-corrected chi connectivity index (χ2v) is 9.72. The summed E-state index contributed by atoms with van der Waals surface area (Å²) < 4.78 is 12.6. The summed E-state index contributed by atoms with van der Waals surface area (Å²) in [6.45, 7) is 14.6. The minimum absolute atomic E-state index is 0.00490. The topological polar surface area (TPSA) is 84.9 Å². The fraction of sp³-hybridized carbons (Fsp3) is 1.00. The van der Waals surface area contributed by atoms with Crippen LogP contribution >= 0.6 is 0 Å². The predicted octanol–water partition coefficient (Wildman–Crippen LogP) is 5.27. The fourth-order valence-corrected chi connectivity index (χ4v) is 4.95. The van der Waals surface area contributed by atoms with Gasteiger partial charge in [-0.15, -0.1) is 0 Å². The summed E-state index contributed by atoms with van der Waals surface area (Å²) in [6, 6.07) is 0. The molecule has 0 aromatic carbocycles. The zero-order valence-electron chi connectivity index (χ0n) is 21.0. The van der Waals surface area contributed by atoms with Crippen molar-refractivity contribution in [2.45, 2.75) is 112 Å². The van der Waals surface area contributed by atoms with E-state index in [1.165, 1.54) is 25.7 Å². The number of aliphatic hydroxyl groups is 2. The van der Waals surface area contributed by atoms with E-state index in [0.717, 1.165) is 25.7 Å². The Kier molecular flexibility index (Phi) is 15.5. The largest absolute Gasteiger partial charge is 0.396 e. The summed E-state index contributed by atoms with van der Waals surface area (Å²) in [5.41, 5.74) is 5.67. The number of unbranched alkanes of at least 4 members (excludes halogenated alkanes) is 4. The zero-order valence-corrected chi connectivity index (χ0v) is 21.0. The van der Waals surface area contributed by atoms with Gasteiger partial charge in [0.15, 0.2) is 5.79 Å². The lowest BCUT2D eigenvalue weighted by Gasteiger charge is -2.53. The van der Waals surface area contributed by atoms with Crippen molar-refractivity contribution in [2.24, 2.45) is 22.5 Å². The number of hydrogen-bond donors (Lipinski definition) is 3. The molecule has 2 atom stereocenters. The van der Waals surface area contributed by atoms with E-state index in [-0.39, 0.29) is 30.0 Å². The van der Waals surface area contributed by atoms with E-state index in [1.54, 1.807) is 0 Å². The molecular formula is C25H53NO4. The molecule has 0 bridgehead atoms. The summed E-state index contributed by atoms with van der Waals surface area (Å²) in [5, 5.41) is 20.1. The van der Waals surface area contributed by atoms with Gasteiger partial charge in [-0.2, -0.15) is 0 Å². The van der Waals surface area contributed by atoms with Crippen molar-refractivity contribution in [3.05, 3.63) is 0 Å². The summed E-state index contributed by atoms with van der Waals surface area (Å²) in [4.78, 5) is 0. The molecule has 30 heavy (non-hydrogen) atoms. The van der Waals surface area contributed by atoms with Crippen LogP contribution in [0.15, 0.2) is 0 Å². The van der Waals surface area contributed by atoms with E-state index in [0.29, 0.717) is 32.6 Å². The molecule has 0 heterocycles. The predicted molar refractivity (Wildman–Crippen MR) is 126 cm³/mol. The lowest BCUT2D eigenvalue weighted by Crippen LogP contribution is -2.55. The normalized spacial score (nSPS) is 15.9. The van der Waals surface area contributed by atoms with Crippen molar-refractivity contribution in [3.63, 3.8) is 0 Å². The Balaban J connectivity index is 6.04. The molecule has 0 amide bonds. The maximum atomic E-state index is 10.1. The van der Waals surface area contributed by atoms with Gasteiger partial charge in [-0.1, -0.05) is 52.9 Å². The van der Waals surface area contributed by atoms with Gasteiger partial charge in [-0.3, -0.25) is 0 Å². The first-order valence-corrected chi connectivity index (χ1v) is 12.4. The number of aliphatic hydroxyl groups excluding tert-OH is 2. The van der Waals surface area contributed by atoms with Gasteiger partial charge in [0.1, 0.15) is 0 Å². The average molecular weight is 432 g/mol. The van der Waals surface area contributed by atoms with Crippen LogP contribution in [0.5, 0.6) is 0 Å². The standard InChI is InChI=1S/C25H53NO4/c1-7-10-11-12-13-14-22(15-19-27)25(18-20-28,17-16-23(4,5)21-26)24(6,29-8-2)30-9-3/h22,27-28H,7-21,26H2,1-6H3. The molecule has 0 aliphatic rings. The molecule has 0 saturated heterocycles. The Labute approximate surface area is 187 Å². The maximum absolute atomic E-state index is 10.1. The zero-order chi connectivity index (χ0) is 23.1. The molecule has 0 radical (unpaired) electrons. The van der Waals surface area contributed by atoms with Crippen LogP contribution in [0.25, 0.3) is 0 Å². The second-order valence-electron chi connectivity index (χ2n) is 9.72. The third-order valence-corrected chi connectivity index (χ3v) is 7.02. The molecule has 2 unspecified atom stereocenters. The molecule has 0 aliphatic heterocycles. The molecular weight excluding hydrogens is 378 g/mol. The third-order valence-electron chi connectivity index (χ3n) is 7.02. The summed E-state index contributed by atoms with van der Waals surface area (Å²) >= 11 is 0.